The molecule has 1 amide bonds. The Morgan fingerprint density at radius 3 is 2.67 bits per heavy atom. The van der Waals surface area contributed by atoms with E-state index in [-0.39, 0.29) is 22.6 Å². The van der Waals surface area contributed by atoms with Gasteiger partial charge in [0.1, 0.15) is 17.5 Å². The van der Waals surface area contributed by atoms with E-state index in [1.54, 1.807) is 30.5 Å². The van der Waals surface area contributed by atoms with Crippen LogP contribution in [0.25, 0.3) is 11.0 Å². The van der Waals surface area contributed by atoms with Crippen LogP contribution in [0.1, 0.15) is 43.7 Å². The third-order valence-electron chi connectivity index (χ3n) is 6.54. The molecule has 33 heavy (non-hydrogen) atoms. The molecule has 2 aliphatic heterocycles. The molecule has 0 spiro atoms. The van der Waals surface area contributed by atoms with Gasteiger partial charge in [0.25, 0.3) is 10.0 Å². The third kappa shape index (κ3) is 3.90. The van der Waals surface area contributed by atoms with Crippen molar-refractivity contribution in [1.82, 2.24) is 19.6 Å². The number of carbonyl (C=O) groups excluding carboxylic acids is 1. The summed E-state index contributed by atoms with van der Waals surface area (Å²) in [5.74, 6) is 0.489. The van der Waals surface area contributed by atoms with Gasteiger partial charge in [-0.3, -0.25) is 14.5 Å². The number of amidine groups is 1. The zero-order valence-electron chi connectivity index (χ0n) is 18.7. The van der Waals surface area contributed by atoms with Crippen molar-refractivity contribution in [2.24, 2.45) is 10.9 Å². The zero-order valence-corrected chi connectivity index (χ0v) is 19.5. The monoisotopic (exact) mass is 465 g/mol. The molecule has 3 aromatic rings. The molecule has 1 fully saturated rings. The van der Waals surface area contributed by atoms with Crippen molar-refractivity contribution in [3.8, 4) is 0 Å². The van der Waals surface area contributed by atoms with E-state index in [1.807, 2.05) is 31.0 Å². The molecule has 2 aromatic heterocycles. The van der Waals surface area contributed by atoms with E-state index >= 15 is 0 Å². The van der Waals surface area contributed by atoms with Gasteiger partial charge < -0.3 is 9.88 Å². The van der Waals surface area contributed by atoms with Crippen LogP contribution < -0.4 is 4.72 Å². The number of fused-ring (bicyclic) bond motifs is 2. The zero-order chi connectivity index (χ0) is 23.2. The van der Waals surface area contributed by atoms with Crippen LogP contribution in [-0.4, -0.2) is 54.2 Å². The summed E-state index contributed by atoms with van der Waals surface area (Å²) in [6.07, 6.45) is 5.54. The first kappa shape index (κ1) is 21.6. The van der Waals surface area contributed by atoms with Crippen molar-refractivity contribution in [3.05, 3.63) is 59.9 Å². The molecule has 9 heteroatoms. The lowest BCUT2D eigenvalue weighted by Gasteiger charge is -2.34. The van der Waals surface area contributed by atoms with Crippen molar-refractivity contribution in [1.29, 1.82) is 0 Å². The predicted molar refractivity (Wildman–Crippen MR) is 127 cm³/mol. The highest BCUT2D eigenvalue weighted by molar-refractivity contribution is 7.90. The molecule has 8 nitrogen and oxygen atoms in total. The third-order valence-corrected chi connectivity index (χ3v) is 7.94. The molecule has 0 aliphatic carbocycles. The Hall–Kier alpha value is -3.20. The lowest BCUT2D eigenvalue weighted by atomic mass is 9.89. The average molecular weight is 466 g/mol. The summed E-state index contributed by atoms with van der Waals surface area (Å²) in [6.45, 7) is 5.17. The van der Waals surface area contributed by atoms with E-state index in [4.69, 9.17) is 0 Å². The van der Waals surface area contributed by atoms with Gasteiger partial charge >= 0.3 is 0 Å². The van der Waals surface area contributed by atoms with Gasteiger partial charge in [0.05, 0.1) is 4.90 Å². The number of hydrogen-bond acceptors (Lipinski definition) is 5. The molecular formula is C24H27N5O3S. The summed E-state index contributed by atoms with van der Waals surface area (Å²) in [4.78, 5) is 27.7. The van der Waals surface area contributed by atoms with Crippen LogP contribution >= 0.6 is 0 Å². The first-order valence-electron chi connectivity index (χ1n) is 11.3. The minimum absolute atomic E-state index is 0.0554. The van der Waals surface area contributed by atoms with E-state index in [0.717, 1.165) is 23.9 Å². The molecule has 5 rings (SSSR count). The van der Waals surface area contributed by atoms with Crippen LogP contribution in [0.15, 0.2) is 58.7 Å². The van der Waals surface area contributed by atoms with Gasteiger partial charge in [0.2, 0.25) is 5.91 Å². The number of carbonyl (C=O) groups is 1. The van der Waals surface area contributed by atoms with Gasteiger partial charge in [-0.25, -0.2) is 13.4 Å². The number of H-pyrrole nitrogens is 1. The Balaban J connectivity index is 1.34. The predicted octanol–water partition coefficient (Wildman–Crippen LogP) is 3.03. The number of aromatic nitrogens is 2. The number of benzene rings is 1. The molecule has 0 saturated carbocycles. The molecule has 0 radical (unpaired) electrons. The highest BCUT2D eigenvalue weighted by Gasteiger charge is 2.35. The van der Waals surface area contributed by atoms with Crippen molar-refractivity contribution in [3.63, 3.8) is 0 Å². The maximum atomic E-state index is 13.4. The fourth-order valence-electron chi connectivity index (χ4n) is 4.77. The van der Waals surface area contributed by atoms with Gasteiger partial charge in [0.15, 0.2) is 0 Å². The summed E-state index contributed by atoms with van der Waals surface area (Å²) >= 11 is 0. The Kier molecular flexibility index (Phi) is 5.44. The van der Waals surface area contributed by atoms with Gasteiger partial charge in [-0.1, -0.05) is 26.0 Å². The fraction of sp³-hybridized carbons (Fsp3) is 0.375. The number of nitrogens with one attached hydrogen (secondary N) is 2. The maximum Gasteiger partial charge on any atom is 0.263 e. The number of likely N-dealkylation sites (tertiary alicyclic amines) is 1. The normalized spacial score (nSPS) is 20.2. The maximum absolute atomic E-state index is 13.4. The SMILES string of the molecule is CC(C)[C@H](N=C1NS(=O)(=O)c2ccccc21)C(=O)N1CCC(c2c[nH]c3ncccc23)CC1. The van der Waals surface area contributed by atoms with Crippen molar-refractivity contribution < 1.29 is 13.2 Å². The van der Waals surface area contributed by atoms with E-state index in [9.17, 15) is 13.2 Å². The summed E-state index contributed by atoms with van der Waals surface area (Å²) in [7, 11) is -3.64. The van der Waals surface area contributed by atoms with Crippen LogP contribution in [0, 0.1) is 5.92 Å². The van der Waals surface area contributed by atoms with Gasteiger partial charge in [-0.05, 0) is 54.5 Å². The number of aromatic amines is 1. The lowest BCUT2D eigenvalue weighted by molar-refractivity contribution is -0.134. The van der Waals surface area contributed by atoms with E-state index in [1.165, 1.54) is 5.56 Å². The Morgan fingerprint density at radius 2 is 1.91 bits per heavy atom. The number of amides is 1. The molecule has 4 heterocycles. The number of hydrogen-bond donors (Lipinski definition) is 2. The van der Waals surface area contributed by atoms with Crippen LogP contribution in [0.2, 0.25) is 0 Å². The van der Waals surface area contributed by atoms with E-state index in [0.29, 0.717) is 24.6 Å². The molecular weight excluding hydrogens is 438 g/mol. The highest BCUT2D eigenvalue weighted by Crippen LogP contribution is 2.33. The summed E-state index contributed by atoms with van der Waals surface area (Å²) in [6, 6.07) is 10.1. The topological polar surface area (TPSA) is 108 Å². The van der Waals surface area contributed by atoms with Crippen LogP contribution in [0.5, 0.6) is 0 Å². The van der Waals surface area contributed by atoms with Crippen molar-refractivity contribution >= 4 is 32.8 Å². The van der Waals surface area contributed by atoms with Gasteiger partial charge in [-0.2, -0.15) is 0 Å². The summed E-state index contributed by atoms with van der Waals surface area (Å²) < 4.78 is 27.4. The quantitative estimate of drug-likeness (QED) is 0.617. The Bertz CT molecular complexity index is 1340. The molecule has 2 N–H and O–H groups in total. The molecule has 0 unspecified atom stereocenters. The van der Waals surface area contributed by atoms with Gasteiger partial charge in [-0.15, -0.1) is 0 Å². The second-order valence-corrected chi connectivity index (χ2v) is 10.7. The Morgan fingerprint density at radius 1 is 1.15 bits per heavy atom. The second kappa shape index (κ2) is 8.30. The number of sulfonamides is 1. The number of nitrogens with zero attached hydrogens (tertiary/aromatic N) is 3. The van der Waals surface area contributed by atoms with Crippen LogP contribution in [0.3, 0.4) is 0 Å². The summed E-state index contributed by atoms with van der Waals surface area (Å²) in [5, 5.41) is 1.14. The summed E-state index contributed by atoms with van der Waals surface area (Å²) in [5.41, 5.74) is 2.66. The standard InChI is InChI=1S/C24H27N5O3S/c1-15(2)21(27-23-18-6-3-4-8-20(18)33(31,32)28-23)24(30)29-12-9-16(10-13-29)19-14-26-22-17(19)7-5-11-25-22/h3-8,11,14-16,21H,9-10,12-13H2,1-2H3,(H,25,26)(H,27,28)/t21-/m0/s1. The molecule has 0 bridgehead atoms. The smallest absolute Gasteiger partial charge is 0.263 e. The van der Waals surface area contributed by atoms with Crippen molar-refractivity contribution in [2.75, 3.05) is 13.1 Å². The first-order chi connectivity index (χ1) is 15.8. The average Bonchev–Trinajstić information content (AvgIpc) is 3.36. The van der Waals surface area contributed by atoms with E-state index in [2.05, 4.69) is 25.7 Å². The second-order valence-electron chi connectivity index (χ2n) is 9.01. The fourth-order valence-corrected chi connectivity index (χ4v) is 6.01. The highest BCUT2D eigenvalue weighted by atomic mass is 32.2. The molecule has 2 aliphatic rings. The minimum Gasteiger partial charge on any atom is -0.346 e. The molecule has 1 saturated heterocycles. The first-order valence-corrected chi connectivity index (χ1v) is 12.7. The number of piperidine rings is 1. The number of pyridine rings is 1. The Labute approximate surface area is 193 Å². The van der Waals surface area contributed by atoms with E-state index < -0.39 is 16.1 Å². The number of aliphatic imine (C=N–C) groups is 1. The molecule has 172 valence electrons. The lowest BCUT2D eigenvalue weighted by Crippen LogP contribution is -2.45. The van der Waals surface area contributed by atoms with Crippen LogP contribution in [0.4, 0.5) is 0 Å². The minimum atomic E-state index is -3.64. The van der Waals surface area contributed by atoms with Crippen molar-refractivity contribution in [2.45, 2.75) is 43.5 Å². The largest absolute Gasteiger partial charge is 0.346 e. The number of rotatable bonds is 4. The molecule has 1 aromatic carbocycles. The molecule has 1 atom stereocenters. The van der Waals surface area contributed by atoms with Crippen LogP contribution in [-0.2, 0) is 14.8 Å². The van der Waals surface area contributed by atoms with Gasteiger partial charge in [0, 0.05) is 36.4 Å².